The fourth-order valence-electron chi connectivity index (χ4n) is 4.87. The highest BCUT2D eigenvalue weighted by molar-refractivity contribution is 5.76. The maximum atomic E-state index is 13.6. The van der Waals surface area contributed by atoms with Gasteiger partial charge in [-0.1, -0.05) is 0 Å². The number of carbonyl (C=O) groups is 1. The van der Waals surface area contributed by atoms with Crippen LogP contribution in [0.25, 0.3) is 0 Å². The lowest BCUT2D eigenvalue weighted by atomic mass is 9.85. The van der Waals surface area contributed by atoms with E-state index >= 15 is 0 Å². The molecular weight excluding hydrogens is 366 g/mol. The summed E-state index contributed by atoms with van der Waals surface area (Å²) in [7, 11) is 0. The zero-order valence-corrected chi connectivity index (χ0v) is 16.4. The molecule has 3 aliphatic heterocycles. The smallest absolute Gasteiger partial charge is 0.260 e. The molecule has 3 aliphatic rings. The molecule has 0 saturated carbocycles. The number of rotatable bonds is 5. The minimum Gasteiger partial charge on any atom is -0.378 e. The van der Waals surface area contributed by atoms with Crippen molar-refractivity contribution >= 4 is 11.7 Å². The second kappa shape index (κ2) is 8.35. The Morgan fingerprint density at radius 2 is 2.14 bits per heavy atom. The van der Waals surface area contributed by atoms with Gasteiger partial charge in [0, 0.05) is 38.2 Å². The average Bonchev–Trinajstić information content (AvgIpc) is 3.33. The summed E-state index contributed by atoms with van der Waals surface area (Å²) < 4.78 is 34.2. The fourth-order valence-corrected chi connectivity index (χ4v) is 4.87. The van der Waals surface area contributed by atoms with Gasteiger partial charge in [0.2, 0.25) is 5.91 Å². The number of amides is 1. The Hall–Kier alpha value is -1.70. The van der Waals surface area contributed by atoms with Gasteiger partial charge in [-0.2, -0.15) is 5.10 Å². The lowest BCUT2D eigenvalue weighted by Crippen LogP contribution is -2.46. The molecule has 0 spiro atoms. The van der Waals surface area contributed by atoms with Crippen LogP contribution in [0.1, 0.15) is 56.7 Å². The maximum Gasteiger partial charge on any atom is 0.260 e. The zero-order chi connectivity index (χ0) is 19.7. The molecule has 0 unspecified atom stereocenters. The molecule has 2 fully saturated rings. The van der Waals surface area contributed by atoms with E-state index in [0.717, 1.165) is 44.4 Å². The number of carbonyl (C=O) groups excluding carboxylic acids is 1. The van der Waals surface area contributed by atoms with Crippen LogP contribution in [0.15, 0.2) is 6.07 Å². The molecular formula is C20H30F2N4O2. The monoisotopic (exact) mass is 396 g/mol. The number of aryl methyl sites for hydroxylation is 1. The van der Waals surface area contributed by atoms with Gasteiger partial charge < -0.3 is 15.0 Å². The predicted octanol–water partition coefficient (Wildman–Crippen LogP) is 3.38. The SMILES string of the molecule is Cc1cc2n(n1)[C@@H](C(F)F)C[C@@H](C1CCN(C(=O)CC[C@H]3CCCO3)CC1)N2. The van der Waals surface area contributed by atoms with Gasteiger partial charge in [0.15, 0.2) is 0 Å². The summed E-state index contributed by atoms with van der Waals surface area (Å²) in [6, 6.07) is 0.971. The van der Waals surface area contributed by atoms with Crippen molar-refractivity contribution < 1.29 is 18.3 Å². The summed E-state index contributed by atoms with van der Waals surface area (Å²) in [4.78, 5) is 14.4. The Balaban J connectivity index is 1.30. The number of nitrogens with one attached hydrogen (secondary N) is 1. The first-order valence-corrected chi connectivity index (χ1v) is 10.5. The third-order valence-electron chi connectivity index (χ3n) is 6.46. The van der Waals surface area contributed by atoms with Crippen LogP contribution < -0.4 is 5.32 Å². The van der Waals surface area contributed by atoms with Gasteiger partial charge in [0.05, 0.1) is 11.8 Å². The molecule has 1 N–H and O–H groups in total. The summed E-state index contributed by atoms with van der Waals surface area (Å²) in [6.07, 6.45) is 3.41. The molecule has 156 valence electrons. The molecule has 1 aromatic heterocycles. The summed E-state index contributed by atoms with van der Waals surface area (Å²) >= 11 is 0. The second-order valence-electron chi connectivity index (χ2n) is 8.40. The zero-order valence-electron chi connectivity index (χ0n) is 16.4. The number of piperidine rings is 1. The Labute approximate surface area is 164 Å². The van der Waals surface area contributed by atoms with Crippen molar-refractivity contribution in [1.29, 1.82) is 0 Å². The molecule has 0 aromatic carbocycles. The van der Waals surface area contributed by atoms with Gasteiger partial charge in [-0.3, -0.25) is 4.79 Å². The van der Waals surface area contributed by atoms with Crippen LogP contribution in [-0.2, 0) is 9.53 Å². The molecule has 0 radical (unpaired) electrons. The first-order chi connectivity index (χ1) is 13.5. The molecule has 3 atom stereocenters. The third kappa shape index (κ3) is 4.16. The van der Waals surface area contributed by atoms with E-state index in [-0.39, 0.29) is 18.1 Å². The number of anilines is 1. The molecule has 6 nitrogen and oxygen atoms in total. The minimum absolute atomic E-state index is 0.00624. The maximum absolute atomic E-state index is 13.6. The Kier molecular flexibility index (Phi) is 5.85. The Morgan fingerprint density at radius 1 is 1.36 bits per heavy atom. The molecule has 2 saturated heterocycles. The number of likely N-dealkylation sites (tertiary alicyclic amines) is 1. The summed E-state index contributed by atoms with van der Waals surface area (Å²) in [5.74, 6) is 1.19. The Morgan fingerprint density at radius 3 is 2.82 bits per heavy atom. The van der Waals surface area contributed by atoms with Crippen LogP contribution in [0.4, 0.5) is 14.6 Å². The van der Waals surface area contributed by atoms with Crippen molar-refractivity contribution in [3.63, 3.8) is 0 Å². The number of halogens is 2. The summed E-state index contributed by atoms with van der Waals surface area (Å²) in [6.45, 7) is 4.07. The lowest BCUT2D eigenvalue weighted by molar-refractivity contribution is -0.133. The third-order valence-corrected chi connectivity index (χ3v) is 6.46. The standard InChI is InChI=1S/C20H30F2N4O2/c1-13-11-18-23-16(12-17(20(21)22)26(18)24-13)14-6-8-25(9-7-14)19(27)5-4-15-3-2-10-28-15/h11,14-17,20,23H,2-10,12H2,1H3/t15-,16+,17-/m1/s1. The summed E-state index contributed by atoms with van der Waals surface area (Å²) in [5.41, 5.74) is 0.750. The molecule has 4 heterocycles. The van der Waals surface area contributed by atoms with Crippen LogP contribution >= 0.6 is 0 Å². The van der Waals surface area contributed by atoms with Crippen LogP contribution in [0.5, 0.6) is 0 Å². The van der Waals surface area contributed by atoms with Gasteiger partial charge >= 0.3 is 0 Å². The summed E-state index contributed by atoms with van der Waals surface area (Å²) in [5, 5.41) is 7.66. The molecule has 1 aromatic rings. The first kappa shape index (κ1) is 19.6. The number of hydrogen-bond donors (Lipinski definition) is 1. The number of alkyl halides is 2. The van der Waals surface area contributed by atoms with Gasteiger partial charge in [-0.15, -0.1) is 0 Å². The van der Waals surface area contributed by atoms with Crippen molar-refractivity contribution in [2.75, 3.05) is 25.0 Å². The van der Waals surface area contributed by atoms with Crippen LogP contribution in [0, 0.1) is 12.8 Å². The fraction of sp³-hybridized carbons (Fsp3) is 0.800. The van der Waals surface area contributed by atoms with E-state index in [4.69, 9.17) is 4.74 Å². The average molecular weight is 396 g/mol. The van der Waals surface area contributed by atoms with Crippen LogP contribution in [0.3, 0.4) is 0 Å². The van der Waals surface area contributed by atoms with Crippen molar-refractivity contribution in [3.8, 4) is 0 Å². The van der Waals surface area contributed by atoms with E-state index in [1.165, 1.54) is 4.68 Å². The topological polar surface area (TPSA) is 59.4 Å². The molecule has 0 aliphatic carbocycles. The normalized spacial score (nSPS) is 28.4. The molecule has 1 amide bonds. The van der Waals surface area contributed by atoms with Gasteiger partial charge in [-0.05, 0) is 51.4 Å². The van der Waals surface area contributed by atoms with Crippen LogP contribution in [0.2, 0.25) is 0 Å². The largest absolute Gasteiger partial charge is 0.378 e. The second-order valence-corrected chi connectivity index (χ2v) is 8.40. The molecule has 0 bridgehead atoms. The number of fused-ring (bicyclic) bond motifs is 1. The first-order valence-electron chi connectivity index (χ1n) is 10.5. The molecule has 28 heavy (non-hydrogen) atoms. The van der Waals surface area contributed by atoms with Crippen molar-refractivity contribution in [3.05, 3.63) is 11.8 Å². The van der Waals surface area contributed by atoms with Crippen molar-refractivity contribution in [2.45, 2.75) is 76.5 Å². The number of aromatic nitrogens is 2. The Bertz CT molecular complexity index is 682. The van der Waals surface area contributed by atoms with Gasteiger partial charge in [0.1, 0.15) is 11.9 Å². The lowest BCUT2D eigenvalue weighted by Gasteiger charge is -2.40. The van der Waals surface area contributed by atoms with Crippen molar-refractivity contribution in [2.24, 2.45) is 5.92 Å². The van der Waals surface area contributed by atoms with Gasteiger partial charge in [-0.25, -0.2) is 13.5 Å². The quantitative estimate of drug-likeness (QED) is 0.829. The molecule has 4 rings (SSSR count). The van der Waals surface area contributed by atoms with E-state index in [1.807, 2.05) is 17.9 Å². The van der Waals surface area contributed by atoms with E-state index in [2.05, 4.69) is 10.4 Å². The minimum atomic E-state index is -2.43. The highest BCUT2D eigenvalue weighted by Crippen LogP contribution is 2.37. The number of nitrogens with zero attached hydrogens (tertiary/aromatic N) is 3. The highest BCUT2D eigenvalue weighted by atomic mass is 19.3. The number of hydrogen-bond acceptors (Lipinski definition) is 4. The van der Waals surface area contributed by atoms with E-state index < -0.39 is 12.5 Å². The number of ether oxygens (including phenoxy) is 1. The predicted molar refractivity (Wildman–Crippen MR) is 102 cm³/mol. The molecule has 8 heteroatoms. The highest BCUT2D eigenvalue weighted by Gasteiger charge is 2.38. The van der Waals surface area contributed by atoms with Gasteiger partial charge in [0.25, 0.3) is 6.43 Å². The van der Waals surface area contributed by atoms with E-state index in [1.54, 1.807) is 0 Å². The van der Waals surface area contributed by atoms with Crippen LogP contribution in [-0.4, -0.2) is 58.9 Å². The van der Waals surface area contributed by atoms with E-state index in [0.29, 0.717) is 37.7 Å². The van der Waals surface area contributed by atoms with E-state index in [9.17, 15) is 13.6 Å². The van der Waals surface area contributed by atoms with Crippen molar-refractivity contribution in [1.82, 2.24) is 14.7 Å².